The molecule has 0 aromatic carbocycles. The summed E-state index contributed by atoms with van der Waals surface area (Å²) in [4.78, 5) is 1.63. The topological polar surface area (TPSA) is 12.0 Å². The van der Waals surface area contributed by atoms with E-state index in [1.165, 1.54) is 51.6 Å². The minimum atomic E-state index is 0.721. The standard InChI is InChI=1S/C14H21NS/c1-2-13(16-11-1)12-3-5-14(6-4-12)7-9-15-10-8-14/h1-2,11-12,15H,3-10H2. The van der Waals surface area contributed by atoms with Crippen molar-refractivity contribution in [1.82, 2.24) is 5.32 Å². The first-order chi connectivity index (χ1) is 7.88. The molecule has 88 valence electrons. The number of hydrogen-bond acceptors (Lipinski definition) is 2. The summed E-state index contributed by atoms with van der Waals surface area (Å²) >= 11 is 1.95. The van der Waals surface area contributed by atoms with E-state index in [4.69, 9.17) is 0 Å². The van der Waals surface area contributed by atoms with Gasteiger partial charge >= 0.3 is 0 Å². The summed E-state index contributed by atoms with van der Waals surface area (Å²) in [5.74, 6) is 0.875. The number of thiophene rings is 1. The zero-order valence-corrected chi connectivity index (χ0v) is 10.7. The average Bonchev–Trinajstić information content (AvgIpc) is 2.85. The molecule has 1 saturated carbocycles. The van der Waals surface area contributed by atoms with E-state index in [9.17, 15) is 0 Å². The Kier molecular flexibility index (Phi) is 3.03. The van der Waals surface area contributed by atoms with Crippen LogP contribution in [0.1, 0.15) is 49.3 Å². The predicted molar refractivity (Wildman–Crippen MR) is 70.1 cm³/mol. The first-order valence-corrected chi connectivity index (χ1v) is 7.50. The van der Waals surface area contributed by atoms with Crippen LogP contribution in [0.2, 0.25) is 0 Å². The van der Waals surface area contributed by atoms with Crippen LogP contribution in [0, 0.1) is 5.41 Å². The molecule has 1 aliphatic heterocycles. The van der Waals surface area contributed by atoms with Gasteiger partial charge in [0.05, 0.1) is 0 Å². The summed E-state index contributed by atoms with van der Waals surface area (Å²) in [5, 5.41) is 5.72. The lowest BCUT2D eigenvalue weighted by Crippen LogP contribution is -2.38. The van der Waals surface area contributed by atoms with Gasteiger partial charge < -0.3 is 5.32 Å². The smallest absolute Gasteiger partial charge is 0.00761 e. The van der Waals surface area contributed by atoms with Crippen molar-refractivity contribution < 1.29 is 0 Å². The highest BCUT2D eigenvalue weighted by Crippen LogP contribution is 2.48. The molecule has 1 aromatic rings. The van der Waals surface area contributed by atoms with Crippen LogP contribution in [0.4, 0.5) is 0 Å². The second-order valence-electron chi connectivity index (χ2n) is 5.54. The molecule has 0 radical (unpaired) electrons. The van der Waals surface area contributed by atoms with Crippen molar-refractivity contribution in [1.29, 1.82) is 0 Å². The van der Waals surface area contributed by atoms with Gasteiger partial charge in [0.15, 0.2) is 0 Å². The molecular formula is C14H21NS. The van der Waals surface area contributed by atoms with Gasteiger partial charge in [-0.25, -0.2) is 0 Å². The molecule has 3 rings (SSSR count). The molecule has 1 saturated heterocycles. The molecule has 0 unspecified atom stereocenters. The molecule has 0 atom stereocenters. The Hall–Kier alpha value is -0.340. The fourth-order valence-corrected chi connectivity index (χ4v) is 4.39. The Morgan fingerprint density at radius 3 is 2.50 bits per heavy atom. The van der Waals surface area contributed by atoms with Gasteiger partial charge in [-0.1, -0.05) is 6.07 Å². The van der Waals surface area contributed by atoms with Crippen molar-refractivity contribution >= 4 is 11.3 Å². The minimum absolute atomic E-state index is 0.721. The Morgan fingerprint density at radius 1 is 1.12 bits per heavy atom. The molecule has 0 amide bonds. The van der Waals surface area contributed by atoms with E-state index >= 15 is 0 Å². The first-order valence-electron chi connectivity index (χ1n) is 6.62. The van der Waals surface area contributed by atoms with Crippen molar-refractivity contribution in [2.45, 2.75) is 44.4 Å². The second-order valence-corrected chi connectivity index (χ2v) is 6.52. The molecule has 2 heterocycles. The summed E-state index contributed by atoms with van der Waals surface area (Å²) in [6.07, 6.45) is 8.64. The third kappa shape index (κ3) is 2.05. The lowest BCUT2D eigenvalue weighted by molar-refractivity contribution is 0.124. The molecule has 1 spiro atoms. The zero-order valence-electron chi connectivity index (χ0n) is 9.87. The third-order valence-electron chi connectivity index (χ3n) is 4.66. The van der Waals surface area contributed by atoms with Gasteiger partial charge in [0.1, 0.15) is 0 Å². The summed E-state index contributed by atoms with van der Waals surface area (Å²) in [5.41, 5.74) is 0.721. The first kappa shape index (κ1) is 10.8. The monoisotopic (exact) mass is 235 g/mol. The Balaban J connectivity index is 1.63. The molecule has 2 fully saturated rings. The Labute approximate surface area is 102 Å². The Morgan fingerprint density at radius 2 is 1.88 bits per heavy atom. The van der Waals surface area contributed by atoms with E-state index < -0.39 is 0 Å². The van der Waals surface area contributed by atoms with Crippen LogP contribution in [-0.4, -0.2) is 13.1 Å². The van der Waals surface area contributed by atoms with E-state index in [0.717, 1.165) is 11.3 Å². The highest BCUT2D eigenvalue weighted by molar-refractivity contribution is 7.10. The molecule has 1 aromatic heterocycles. The largest absolute Gasteiger partial charge is 0.317 e. The maximum Gasteiger partial charge on any atom is 0.00761 e. The van der Waals surface area contributed by atoms with E-state index in [1.807, 2.05) is 11.3 Å². The maximum absolute atomic E-state index is 3.50. The van der Waals surface area contributed by atoms with E-state index in [0.29, 0.717) is 0 Å². The van der Waals surface area contributed by atoms with Crippen LogP contribution in [0.15, 0.2) is 17.5 Å². The summed E-state index contributed by atoms with van der Waals surface area (Å²) in [6.45, 7) is 2.51. The second kappa shape index (κ2) is 4.50. The van der Waals surface area contributed by atoms with Crippen molar-refractivity contribution in [3.8, 4) is 0 Å². The van der Waals surface area contributed by atoms with Gasteiger partial charge in [-0.2, -0.15) is 0 Å². The van der Waals surface area contributed by atoms with Crippen molar-refractivity contribution in [3.63, 3.8) is 0 Å². The zero-order chi connectivity index (χ0) is 10.8. The molecular weight excluding hydrogens is 214 g/mol. The number of piperidine rings is 1. The quantitative estimate of drug-likeness (QED) is 0.781. The highest BCUT2D eigenvalue weighted by Gasteiger charge is 2.36. The maximum atomic E-state index is 3.50. The van der Waals surface area contributed by atoms with Crippen molar-refractivity contribution in [3.05, 3.63) is 22.4 Å². The highest BCUT2D eigenvalue weighted by atomic mass is 32.1. The van der Waals surface area contributed by atoms with Gasteiger partial charge in [0.2, 0.25) is 0 Å². The number of hydrogen-bond donors (Lipinski definition) is 1. The van der Waals surface area contributed by atoms with Crippen LogP contribution in [0.3, 0.4) is 0 Å². The van der Waals surface area contributed by atoms with Crippen molar-refractivity contribution in [2.24, 2.45) is 5.41 Å². The summed E-state index contributed by atoms with van der Waals surface area (Å²) in [7, 11) is 0. The lowest BCUT2D eigenvalue weighted by Gasteiger charge is -2.43. The van der Waals surface area contributed by atoms with Crippen molar-refractivity contribution in [2.75, 3.05) is 13.1 Å². The Bertz CT molecular complexity index is 315. The van der Waals surface area contributed by atoms with Crippen LogP contribution in [0.5, 0.6) is 0 Å². The molecule has 1 aliphatic carbocycles. The van der Waals surface area contributed by atoms with Gasteiger partial charge in [0.25, 0.3) is 0 Å². The van der Waals surface area contributed by atoms with Crippen LogP contribution >= 0.6 is 11.3 Å². The predicted octanol–water partition coefficient (Wildman–Crippen LogP) is 3.78. The lowest BCUT2D eigenvalue weighted by atomic mass is 9.65. The molecule has 1 N–H and O–H groups in total. The summed E-state index contributed by atoms with van der Waals surface area (Å²) < 4.78 is 0. The number of rotatable bonds is 1. The molecule has 2 heteroatoms. The average molecular weight is 235 g/mol. The fourth-order valence-electron chi connectivity index (χ4n) is 3.50. The molecule has 16 heavy (non-hydrogen) atoms. The van der Waals surface area contributed by atoms with Crippen LogP contribution < -0.4 is 5.32 Å². The number of nitrogens with one attached hydrogen (secondary N) is 1. The van der Waals surface area contributed by atoms with Gasteiger partial charge in [0, 0.05) is 4.88 Å². The fraction of sp³-hybridized carbons (Fsp3) is 0.714. The van der Waals surface area contributed by atoms with Gasteiger partial charge in [-0.3, -0.25) is 0 Å². The van der Waals surface area contributed by atoms with Crippen LogP contribution in [0.25, 0.3) is 0 Å². The molecule has 1 nitrogen and oxygen atoms in total. The molecule has 0 bridgehead atoms. The van der Waals surface area contributed by atoms with Gasteiger partial charge in [-0.05, 0) is 74.4 Å². The van der Waals surface area contributed by atoms with E-state index in [1.54, 1.807) is 4.88 Å². The van der Waals surface area contributed by atoms with Crippen LogP contribution in [-0.2, 0) is 0 Å². The van der Waals surface area contributed by atoms with E-state index in [2.05, 4.69) is 22.8 Å². The minimum Gasteiger partial charge on any atom is -0.317 e. The normalized spacial score (nSPS) is 26.0. The summed E-state index contributed by atoms with van der Waals surface area (Å²) in [6, 6.07) is 4.53. The SMILES string of the molecule is c1csc(C2CCC3(CCNCC3)CC2)c1. The third-order valence-corrected chi connectivity index (χ3v) is 5.69. The van der Waals surface area contributed by atoms with E-state index in [-0.39, 0.29) is 0 Å². The van der Waals surface area contributed by atoms with Gasteiger partial charge in [-0.15, -0.1) is 11.3 Å². The molecule has 2 aliphatic rings.